The molecule has 2 rings (SSSR count). The summed E-state index contributed by atoms with van der Waals surface area (Å²) in [5.41, 5.74) is 1.26. The molecule has 4 heteroatoms. The van der Waals surface area contributed by atoms with E-state index in [1.807, 2.05) is 13.8 Å². The smallest absolute Gasteiger partial charge is 0.0825 e. The predicted octanol–water partition coefficient (Wildman–Crippen LogP) is 2.71. The van der Waals surface area contributed by atoms with Crippen LogP contribution in [0.2, 0.25) is 0 Å². The van der Waals surface area contributed by atoms with E-state index in [1.165, 1.54) is 0 Å². The van der Waals surface area contributed by atoms with Gasteiger partial charge < -0.3 is 20.4 Å². The first-order chi connectivity index (χ1) is 11.4. The summed E-state index contributed by atoms with van der Waals surface area (Å²) in [6.07, 6.45) is 10.3. The maximum Gasteiger partial charge on any atom is 0.0825 e. The molecular formula is C20H34O4. The lowest BCUT2D eigenvalue weighted by Gasteiger charge is -2.39. The Labute approximate surface area is 145 Å². The van der Waals surface area contributed by atoms with Crippen LogP contribution in [0.4, 0.5) is 0 Å². The number of allylic oxidation sites excluding steroid dienone is 2. The van der Waals surface area contributed by atoms with Crippen LogP contribution in [0, 0.1) is 10.8 Å². The van der Waals surface area contributed by atoms with Crippen molar-refractivity contribution in [3.63, 3.8) is 0 Å². The van der Waals surface area contributed by atoms with E-state index in [2.05, 4.69) is 12.2 Å². The monoisotopic (exact) mass is 338 g/mol. The zero-order valence-electron chi connectivity index (χ0n) is 15.2. The van der Waals surface area contributed by atoms with Crippen LogP contribution >= 0.6 is 0 Å². The molecule has 0 spiro atoms. The van der Waals surface area contributed by atoms with Gasteiger partial charge in [0, 0.05) is 10.8 Å². The molecular weight excluding hydrogens is 304 g/mol. The van der Waals surface area contributed by atoms with E-state index in [0.29, 0.717) is 0 Å². The van der Waals surface area contributed by atoms with E-state index >= 15 is 0 Å². The molecule has 0 aromatic carbocycles. The first-order valence-corrected chi connectivity index (χ1v) is 9.32. The van der Waals surface area contributed by atoms with Crippen molar-refractivity contribution in [3.05, 3.63) is 23.3 Å². The molecule has 0 bridgehead atoms. The van der Waals surface area contributed by atoms with Gasteiger partial charge in [-0.05, 0) is 62.5 Å². The minimum absolute atomic E-state index is 0.0154. The van der Waals surface area contributed by atoms with Gasteiger partial charge in [0.1, 0.15) is 0 Å². The van der Waals surface area contributed by atoms with Crippen LogP contribution in [0.3, 0.4) is 0 Å². The zero-order chi connectivity index (χ0) is 17.8. The molecule has 2 saturated carbocycles. The second kappa shape index (κ2) is 8.13. The van der Waals surface area contributed by atoms with E-state index in [-0.39, 0.29) is 13.2 Å². The SMILES string of the molecule is C[C@]1(CO)CCC/C(=C/CC/C=C2/CCC[C@@](C)(CO)[C@H]2O)[C@H]1O. The van der Waals surface area contributed by atoms with E-state index in [4.69, 9.17) is 0 Å². The van der Waals surface area contributed by atoms with E-state index in [1.54, 1.807) is 0 Å². The van der Waals surface area contributed by atoms with Crippen molar-refractivity contribution in [3.8, 4) is 0 Å². The average molecular weight is 338 g/mol. The van der Waals surface area contributed by atoms with Gasteiger partial charge in [-0.1, -0.05) is 26.0 Å². The summed E-state index contributed by atoms with van der Waals surface area (Å²) in [6.45, 7) is 3.92. The van der Waals surface area contributed by atoms with Gasteiger partial charge in [-0.3, -0.25) is 0 Å². The Hall–Kier alpha value is -0.680. The molecule has 2 aliphatic rings. The molecule has 4 atom stereocenters. The second-order valence-electron chi connectivity index (χ2n) is 8.27. The maximum absolute atomic E-state index is 10.5. The Balaban J connectivity index is 1.94. The molecule has 0 amide bonds. The highest BCUT2D eigenvalue weighted by Gasteiger charge is 2.38. The quantitative estimate of drug-likeness (QED) is 0.459. The number of rotatable bonds is 5. The Morgan fingerprint density at radius 1 is 0.833 bits per heavy atom. The lowest BCUT2D eigenvalue weighted by molar-refractivity contribution is -0.00503. The standard InChI is InChI=1S/C20H34O4/c1-19(13-21)11-5-9-15(17(19)23)7-3-4-8-16-10-6-12-20(2,14-22)18(16)24/h7-8,17-18,21-24H,3-6,9-14H2,1-2H3/b15-7-,16-8-/t17-,18+,19-,20+. The summed E-state index contributed by atoms with van der Waals surface area (Å²) < 4.78 is 0. The Morgan fingerprint density at radius 3 is 1.54 bits per heavy atom. The van der Waals surface area contributed by atoms with Crippen LogP contribution in [-0.2, 0) is 0 Å². The fourth-order valence-electron chi connectivity index (χ4n) is 4.13. The summed E-state index contributed by atoms with van der Waals surface area (Å²) in [6, 6.07) is 0. The fourth-order valence-corrected chi connectivity index (χ4v) is 4.13. The third kappa shape index (κ3) is 4.10. The summed E-state index contributed by atoms with van der Waals surface area (Å²) in [7, 11) is 0. The third-order valence-electron chi connectivity index (χ3n) is 6.15. The van der Waals surface area contributed by atoms with Gasteiger partial charge >= 0.3 is 0 Å². The zero-order valence-corrected chi connectivity index (χ0v) is 15.2. The normalized spacial score (nSPS) is 41.1. The molecule has 138 valence electrons. The van der Waals surface area contributed by atoms with Crippen molar-refractivity contribution in [2.75, 3.05) is 13.2 Å². The molecule has 0 radical (unpaired) electrons. The number of hydrogen-bond acceptors (Lipinski definition) is 4. The van der Waals surface area contributed by atoms with Crippen LogP contribution in [0.5, 0.6) is 0 Å². The Bertz CT molecular complexity index is 440. The third-order valence-corrected chi connectivity index (χ3v) is 6.15. The Kier molecular flexibility index (Phi) is 6.66. The van der Waals surface area contributed by atoms with Gasteiger partial charge in [0.05, 0.1) is 25.4 Å². The topological polar surface area (TPSA) is 80.9 Å². The summed E-state index contributed by atoms with van der Waals surface area (Å²) >= 11 is 0. The van der Waals surface area contributed by atoms with Crippen molar-refractivity contribution in [1.29, 1.82) is 0 Å². The molecule has 2 aliphatic carbocycles. The summed E-state index contributed by atoms with van der Waals surface area (Å²) in [5, 5.41) is 40.0. The molecule has 0 saturated heterocycles. The highest BCUT2D eigenvalue weighted by atomic mass is 16.3. The van der Waals surface area contributed by atoms with E-state index in [0.717, 1.165) is 62.5 Å². The summed E-state index contributed by atoms with van der Waals surface area (Å²) in [5.74, 6) is 0. The Morgan fingerprint density at radius 2 is 1.21 bits per heavy atom. The molecule has 4 nitrogen and oxygen atoms in total. The van der Waals surface area contributed by atoms with Gasteiger partial charge in [-0.2, -0.15) is 0 Å². The molecule has 4 N–H and O–H groups in total. The number of aliphatic hydroxyl groups is 4. The molecule has 0 heterocycles. The molecule has 0 aromatic heterocycles. The molecule has 24 heavy (non-hydrogen) atoms. The van der Waals surface area contributed by atoms with Crippen LogP contribution in [0.25, 0.3) is 0 Å². The minimum atomic E-state index is -0.554. The molecule has 2 fully saturated rings. The first-order valence-electron chi connectivity index (χ1n) is 9.32. The number of hydrogen-bond donors (Lipinski definition) is 4. The largest absolute Gasteiger partial charge is 0.396 e. The summed E-state index contributed by atoms with van der Waals surface area (Å²) in [4.78, 5) is 0. The van der Waals surface area contributed by atoms with Crippen molar-refractivity contribution in [2.24, 2.45) is 10.8 Å². The number of aliphatic hydroxyl groups excluding tert-OH is 4. The van der Waals surface area contributed by atoms with Crippen LogP contribution in [-0.4, -0.2) is 45.8 Å². The number of unbranched alkanes of at least 4 members (excludes halogenated alkanes) is 1. The fraction of sp³-hybridized carbons (Fsp3) is 0.800. The van der Waals surface area contributed by atoms with E-state index in [9.17, 15) is 20.4 Å². The van der Waals surface area contributed by atoms with Crippen LogP contribution in [0.15, 0.2) is 23.3 Å². The van der Waals surface area contributed by atoms with E-state index < -0.39 is 23.0 Å². The highest BCUT2D eigenvalue weighted by Crippen LogP contribution is 2.40. The van der Waals surface area contributed by atoms with Gasteiger partial charge in [0.25, 0.3) is 0 Å². The van der Waals surface area contributed by atoms with Gasteiger partial charge in [0.15, 0.2) is 0 Å². The predicted molar refractivity (Wildman–Crippen MR) is 95.5 cm³/mol. The van der Waals surface area contributed by atoms with Crippen molar-refractivity contribution in [2.45, 2.75) is 77.4 Å². The van der Waals surface area contributed by atoms with Gasteiger partial charge in [-0.15, -0.1) is 0 Å². The van der Waals surface area contributed by atoms with Crippen molar-refractivity contribution < 1.29 is 20.4 Å². The van der Waals surface area contributed by atoms with Gasteiger partial charge in [-0.25, -0.2) is 0 Å². The first kappa shape index (κ1) is 19.6. The van der Waals surface area contributed by atoms with Crippen LogP contribution < -0.4 is 0 Å². The van der Waals surface area contributed by atoms with Crippen molar-refractivity contribution >= 4 is 0 Å². The lowest BCUT2D eigenvalue weighted by Crippen LogP contribution is -2.40. The molecule has 0 aliphatic heterocycles. The minimum Gasteiger partial charge on any atom is -0.396 e. The van der Waals surface area contributed by atoms with Crippen molar-refractivity contribution in [1.82, 2.24) is 0 Å². The average Bonchev–Trinajstić information content (AvgIpc) is 2.59. The second-order valence-corrected chi connectivity index (χ2v) is 8.27. The lowest BCUT2D eigenvalue weighted by atomic mass is 9.71. The molecule has 0 unspecified atom stereocenters. The molecule has 0 aromatic rings. The maximum atomic E-state index is 10.5. The highest BCUT2D eigenvalue weighted by molar-refractivity contribution is 5.18. The van der Waals surface area contributed by atoms with Gasteiger partial charge in [0.2, 0.25) is 0 Å². The van der Waals surface area contributed by atoms with Crippen LogP contribution in [0.1, 0.15) is 65.2 Å².